The van der Waals surface area contributed by atoms with Crippen LogP contribution in [0.1, 0.15) is 104 Å². The fourth-order valence-electron chi connectivity index (χ4n) is 10.1. The van der Waals surface area contributed by atoms with Crippen molar-refractivity contribution in [2.75, 3.05) is 103 Å². The maximum Gasteiger partial charge on any atom is 0.416 e. The number of anilines is 5. The van der Waals surface area contributed by atoms with Crippen LogP contribution in [0.3, 0.4) is 0 Å². The van der Waals surface area contributed by atoms with Crippen molar-refractivity contribution in [3.8, 4) is 0 Å². The van der Waals surface area contributed by atoms with E-state index in [2.05, 4.69) is 30.5 Å². The third-order valence-electron chi connectivity index (χ3n) is 14.0. The number of rotatable bonds is 9. The fraction of sp³-hybridized carbons (Fsp3) is 0.635. The van der Waals surface area contributed by atoms with E-state index >= 15 is 0 Å². The van der Waals surface area contributed by atoms with E-state index in [1.54, 1.807) is 44.9 Å². The van der Waals surface area contributed by atoms with Crippen LogP contribution in [0.4, 0.5) is 60.5 Å². The van der Waals surface area contributed by atoms with Crippen LogP contribution < -0.4 is 36.0 Å². The minimum absolute atomic E-state index is 0.0683. The van der Waals surface area contributed by atoms with Crippen molar-refractivity contribution in [1.29, 1.82) is 0 Å². The molecule has 4 fully saturated rings. The highest BCUT2D eigenvalue weighted by Gasteiger charge is 2.34. The van der Waals surface area contributed by atoms with Gasteiger partial charge in [0, 0.05) is 76.8 Å². The van der Waals surface area contributed by atoms with Gasteiger partial charge in [-0.2, -0.15) is 32.2 Å². The zero-order chi connectivity index (χ0) is 57.3. The van der Waals surface area contributed by atoms with E-state index in [4.69, 9.17) is 9.47 Å². The summed E-state index contributed by atoms with van der Waals surface area (Å²) in [6.07, 6.45) is -4.09. The number of aromatic nitrogens is 8. The van der Waals surface area contributed by atoms with Crippen LogP contribution >= 0.6 is 0 Å². The van der Waals surface area contributed by atoms with Crippen LogP contribution in [0.25, 0.3) is 11.6 Å². The molecule has 432 valence electrons. The van der Waals surface area contributed by atoms with E-state index in [0.29, 0.717) is 113 Å². The lowest BCUT2D eigenvalue weighted by molar-refractivity contribution is -0.137. The minimum atomic E-state index is -4.53. The van der Waals surface area contributed by atoms with E-state index in [-0.39, 0.29) is 67.4 Å². The van der Waals surface area contributed by atoms with Crippen LogP contribution in [0.5, 0.6) is 0 Å². The molecule has 2 N–H and O–H groups in total. The Bertz CT molecular complexity index is 3150. The summed E-state index contributed by atoms with van der Waals surface area (Å²) in [5.41, 5.74) is -0.223. The van der Waals surface area contributed by atoms with Crippen LogP contribution in [-0.4, -0.2) is 169 Å². The van der Waals surface area contributed by atoms with Gasteiger partial charge in [0.1, 0.15) is 41.5 Å². The zero-order valence-corrected chi connectivity index (χ0v) is 46.4. The number of carbonyl (C=O) groups is 3. The van der Waals surface area contributed by atoms with Crippen molar-refractivity contribution in [1.82, 2.24) is 48.5 Å². The maximum absolute atomic E-state index is 14.3. The smallest absolute Gasteiger partial charge is 0.416 e. The Morgan fingerprint density at radius 3 is 1.67 bits per heavy atom. The third kappa shape index (κ3) is 13.5. The van der Waals surface area contributed by atoms with Crippen molar-refractivity contribution in [2.24, 2.45) is 0 Å². The number of hydrogen-bond donors (Lipinski definition) is 2. The van der Waals surface area contributed by atoms with Crippen LogP contribution in [-0.2, 0) is 39.8 Å². The number of aryl methyl sites for hydroxylation is 2. The Kier molecular flexibility index (Phi) is 17.0. The van der Waals surface area contributed by atoms with Gasteiger partial charge in [0.15, 0.2) is 0 Å². The quantitative estimate of drug-likeness (QED) is 0.153. The summed E-state index contributed by atoms with van der Waals surface area (Å²) >= 11 is 0. The van der Waals surface area contributed by atoms with Gasteiger partial charge in [0.25, 0.3) is 11.1 Å². The molecule has 4 aromatic heterocycles. The number of hydrogen-bond acceptors (Lipinski definition) is 15. The Morgan fingerprint density at radius 1 is 0.684 bits per heavy atom. The van der Waals surface area contributed by atoms with E-state index in [0.717, 1.165) is 28.8 Å². The van der Waals surface area contributed by atoms with Crippen molar-refractivity contribution < 1.29 is 45.8 Å². The molecule has 0 saturated carbocycles. The molecule has 2 atom stereocenters. The molecule has 9 rings (SSSR count). The second-order valence-corrected chi connectivity index (χ2v) is 22.3. The Hall–Kier alpha value is -7.22. The molecule has 4 saturated heterocycles. The first-order valence-corrected chi connectivity index (χ1v) is 27.0. The molecule has 1 aromatic carbocycles. The average molecular weight is 1110 g/mol. The van der Waals surface area contributed by atoms with Gasteiger partial charge in [-0.3, -0.25) is 14.4 Å². The molecule has 8 heterocycles. The second-order valence-electron chi connectivity index (χ2n) is 22.3. The molecule has 5 aromatic rings. The monoisotopic (exact) mass is 1110 g/mol. The molecular formula is C52H72F5N15O7. The van der Waals surface area contributed by atoms with Crippen molar-refractivity contribution >= 4 is 58.6 Å². The first-order valence-electron chi connectivity index (χ1n) is 27.0. The average Bonchev–Trinajstić information content (AvgIpc) is 4.09. The third-order valence-corrected chi connectivity index (χ3v) is 14.0. The van der Waals surface area contributed by atoms with Gasteiger partial charge in [0.05, 0.1) is 24.3 Å². The van der Waals surface area contributed by atoms with Crippen LogP contribution in [0, 0.1) is 6.92 Å². The number of alkyl halides is 5. The predicted molar refractivity (Wildman–Crippen MR) is 287 cm³/mol. The van der Waals surface area contributed by atoms with Gasteiger partial charge in [-0.1, -0.05) is 13.8 Å². The number of H-pyrrole nitrogens is 1. The lowest BCUT2D eigenvalue weighted by Gasteiger charge is -2.37. The molecule has 3 amide bonds. The normalized spacial score (nSPS) is 18.7. The summed E-state index contributed by atoms with van der Waals surface area (Å²) in [5.74, 6) is 0.415. The van der Waals surface area contributed by atoms with Gasteiger partial charge < -0.3 is 53.7 Å². The topological polar surface area (TPSA) is 216 Å². The molecule has 4 aliphatic heterocycles. The number of ether oxygens (including phenoxy) is 2. The predicted octanol–water partition coefficient (Wildman–Crippen LogP) is 6.39. The highest BCUT2D eigenvalue weighted by Crippen LogP contribution is 2.32. The maximum atomic E-state index is 14.3. The number of carbonyl (C=O) groups excluding carboxylic acids is 3. The number of halogens is 5. The van der Waals surface area contributed by atoms with Crippen molar-refractivity contribution in [3.63, 3.8) is 0 Å². The number of piperazine rings is 2. The summed E-state index contributed by atoms with van der Waals surface area (Å²) in [7, 11) is 0. The zero-order valence-electron chi connectivity index (χ0n) is 46.4. The molecule has 0 aliphatic carbocycles. The highest BCUT2D eigenvalue weighted by atomic mass is 19.4. The molecule has 4 aliphatic rings. The van der Waals surface area contributed by atoms with Crippen LogP contribution in [0.15, 0.2) is 27.8 Å². The van der Waals surface area contributed by atoms with Crippen molar-refractivity contribution in [2.45, 2.75) is 137 Å². The fourth-order valence-corrected chi connectivity index (χ4v) is 10.1. The van der Waals surface area contributed by atoms with E-state index in [1.165, 1.54) is 17.5 Å². The van der Waals surface area contributed by atoms with E-state index in [9.17, 15) is 45.9 Å². The van der Waals surface area contributed by atoms with Gasteiger partial charge in [-0.05, 0) is 111 Å². The van der Waals surface area contributed by atoms with Crippen molar-refractivity contribution in [3.05, 3.63) is 61.4 Å². The number of piperidine rings is 2. The second kappa shape index (κ2) is 23.2. The molecule has 79 heavy (non-hydrogen) atoms. The molecule has 0 unspecified atom stereocenters. The summed E-state index contributed by atoms with van der Waals surface area (Å²) in [5, 5.41) is 11.5. The SMILES string of the molecule is CCc1[nH]c2nc(N3CCC[C@@H](F)C3)nn2c(=O)c1N1CCN(C(=O)OC(C)(C)C)CC1.CCc1c(N2CCN(C(=O)OC(C)(C)C)CC2)c(=O)n2nc(N3CCC[C@@H](F)C3)nc2n1CC(=O)Nc1ccc(C(F)(F)F)cc1C. The molecular weight excluding hydrogens is 1040 g/mol. The summed E-state index contributed by atoms with van der Waals surface area (Å²) < 4.78 is 82.7. The lowest BCUT2D eigenvalue weighted by Crippen LogP contribution is -2.51. The summed E-state index contributed by atoms with van der Waals surface area (Å²) in [4.78, 5) is 88.8. The number of fused-ring (bicyclic) bond motifs is 2. The van der Waals surface area contributed by atoms with Gasteiger partial charge >= 0.3 is 18.4 Å². The van der Waals surface area contributed by atoms with Gasteiger partial charge in [-0.25, -0.2) is 18.4 Å². The molecule has 0 radical (unpaired) electrons. The van der Waals surface area contributed by atoms with Gasteiger partial charge in [0.2, 0.25) is 29.4 Å². The standard InChI is InChI=1S/C31H40F4N8O4.C21H32FN7O3/c1-6-23-25(39-12-14-40(15-13-39)29(46)47-30(3,4)5)26(45)43-28(37-27(38-43)41-11-7-8-21(32)17-41)42(23)18-24(44)36-22-10-9-20(16-19(22)2)31(33,34)35;1-5-15-16(26-9-11-27(12-10-26)20(31)32-21(2,3)4)17(30)29-18(23-15)24-19(25-29)28-8-6-7-14(22)13-28/h9-10,16,21H,6-8,11-15,17-18H2,1-5H3,(H,36,44);14H,5-13H2,1-4H3,(H,23,24,25)/t21-;14-/m11/s1. The Labute approximate surface area is 453 Å². The molecule has 22 nitrogen and oxygen atoms in total. The first-order chi connectivity index (χ1) is 37.2. The molecule has 0 spiro atoms. The summed E-state index contributed by atoms with van der Waals surface area (Å²) in [6, 6.07) is 3.06. The number of benzene rings is 1. The van der Waals surface area contributed by atoms with Gasteiger partial charge in [-0.15, -0.1) is 10.2 Å². The largest absolute Gasteiger partial charge is 0.444 e. The Morgan fingerprint density at radius 2 is 1.19 bits per heavy atom. The number of aromatic amines is 1. The number of nitrogens with one attached hydrogen (secondary N) is 2. The number of nitrogens with zero attached hydrogens (tertiary/aromatic N) is 13. The highest BCUT2D eigenvalue weighted by molar-refractivity contribution is 5.92. The summed E-state index contributed by atoms with van der Waals surface area (Å²) in [6.45, 7) is 20.4. The van der Waals surface area contributed by atoms with E-state index < -0.39 is 52.8 Å². The lowest BCUT2D eigenvalue weighted by atomic mass is 10.1. The van der Waals surface area contributed by atoms with Crippen LogP contribution in [0.2, 0.25) is 0 Å². The number of amides is 3. The molecule has 27 heteroatoms. The van der Waals surface area contributed by atoms with E-state index in [1.807, 2.05) is 44.4 Å². The minimum Gasteiger partial charge on any atom is -0.444 e. The first kappa shape index (κ1) is 57.9. The molecule has 0 bridgehead atoms. The Balaban J connectivity index is 0.000000223.